The Bertz CT molecular complexity index is 818. The van der Waals surface area contributed by atoms with Gasteiger partial charge >= 0.3 is 5.97 Å². The quantitative estimate of drug-likeness (QED) is 0.164. The second-order valence-corrected chi connectivity index (χ2v) is 8.56. The number of carbonyl (C=O) groups excluding carboxylic acids is 1. The van der Waals surface area contributed by atoms with Gasteiger partial charge < -0.3 is 10.1 Å². The summed E-state index contributed by atoms with van der Waals surface area (Å²) in [5.41, 5.74) is 3.24. The van der Waals surface area contributed by atoms with E-state index in [1.165, 1.54) is 64.2 Å². The molecule has 0 atom stereocenters. The number of carbonyl (C=O) groups is 1. The van der Waals surface area contributed by atoms with Gasteiger partial charge in [0, 0.05) is 24.2 Å². The average molecular weight is 448 g/mol. The normalized spacial score (nSPS) is 10.3. The summed E-state index contributed by atoms with van der Waals surface area (Å²) in [5, 5.41) is 3.47. The Hall–Kier alpha value is -2.73. The van der Waals surface area contributed by atoms with Crippen LogP contribution in [0.1, 0.15) is 88.7 Å². The number of nitrogens with one attached hydrogen (secondary N) is 1. The average Bonchev–Trinajstić information content (AvgIpc) is 2.83. The van der Waals surface area contributed by atoms with Crippen molar-refractivity contribution >= 4 is 11.7 Å². The number of hydrogen-bond donors (Lipinski definition) is 1. The summed E-state index contributed by atoms with van der Waals surface area (Å²) < 4.78 is 4.99. The van der Waals surface area contributed by atoms with Crippen LogP contribution in [-0.2, 0) is 16.0 Å². The van der Waals surface area contributed by atoms with Crippen molar-refractivity contribution in [3.05, 3.63) is 65.7 Å². The molecule has 0 aliphatic carbocycles. The second-order valence-electron chi connectivity index (χ2n) is 8.56. The van der Waals surface area contributed by atoms with E-state index >= 15 is 0 Å². The topological polar surface area (TPSA) is 38.3 Å². The van der Waals surface area contributed by atoms with Crippen LogP contribution in [0.25, 0.3) is 0 Å². The van der Waals surface area contributed by atoms with E-state index in [4.69, 9.17) is 4.74 Å². The molecule has 3 nitrogen and oxygen atoms in total. The van der Waals surface area contributed by atoms with Gasteiger partial charge in [-0.15, -0.1) is 0 Å². The second kappa shape index (κ2) is 17.8. The molecule has 0 spiro atoms. The highest BCUT2D eigenvalue weighted by atomic mass is 16.5. The van der Waals surface area contributed by atoms with Gasteiger partial charge in [-0.05, 0) is 49.6 Å². The van der Waals surface area contributed by atoms with Crippen LogP contribution in [0.2, 0.25) is 0 Å². The lowest BCUT2D eigenvalue weighted by Crippen LogP contribution is -2.07. The van der Waals surface area contributed by atoms with E-state index in [1.54, 1.807) is 0 Å². The highest BCUT2D eigenvalue weighted by molar-refractivity contribution is 5.72. The summed E-state index contributed by atoms with van der Waals surface area (Å²) in [6, 6.07) is 18.3. The summed E-state index contributed by atoms with van der Waals surface area (Å²) in [4.78, 5) is 11.5. The molecule has 0 radical (unpaired) electrons. The number of ether oxygens (including phenoxy) is 1. The Morgan fingerprint density at radius 2 is 1.39 bits per heavy atom. The highest BCUT2D eigenvalue weighted by Gasteiger charge is 2.03. The van der Waals surface area contributed by atoms with Crippen LogP contribution in [0.5, 0.6) is 0 Å². The molecule has 0 aromatic heterocycles. The SMILES string of the molecule is CCOC(=O)Cc1ccc(NCCCCCCCCCCCCC#Cc2ccccc2)cc1. The van der Waals surface area contributed by atoms with Crippen LogP contribution < -0.4 is 5.32 Å². The number of anilines is 1. The fourth-order valence-electron chi connectivity index (χ4n) is 3.79. The fourth-order valence-corrected chi connectivity index (χ4v) is 3.79. The van der Waals surface area contributed by atoms with E-state index in [9.17, 15) is 4.79 Å². The van der Waals surface area contributed by atoms with E-state index in [0.717, 1.165) is 29.8 Å². The van der Waals surface area contributed by atoms with Gasteiger partial charge in [0.2, 0.25) is 0 Å². The number of esters is 1. The molecule has 0 heterocycles. The van der Waals surface area contributed by atoms with Gasteiger partial charge in [-0.2, -0.15) is 0 Å². The summed E-state index contributed by atoms with van der Waals surface area (Å²) in [5.74, 6) is 6.36. The zero-order valence-corrected chi connectivity index (χ0v) is 20.4. The molecule has 1 N–H and O–H groups in total. The molecule has 2 aromatic rings. The first kappa shape index (κ1) is 26.5. The Morgan fingerprint density at radius 1 is 0.788 bits per heavy atom. The zero-order chi connectivity index (χ0) is 23.4. The molecule has 0 bridgehead atoms. The molecule has 0 saturated heterocycles. The largest absolute Gasteiger partial charge is 0.466 e. The fraction of sp³-hybridized carbons (Fsp3) is 0.500. The minimum Gasteiger partial charge on any atom is -0.466 e. The van der Waals surface area contributed by atoms with Crippen LogP contribution >= 0.6 is 0 Å². The standard InChI is InChI=1S/C30H41NO2/c1-2-33-30(32)26-28-21-23-29(24-22-28)31-25-17-12-10-8-6-4-3-5-7-9-11-14-18-27-19-15-13-16-20-27/h13,15-16,19-24,31H,2-12,17,25-26H2,1H3. The molecule has 2 aromatic carbocycles. The first-order valence-corrected chi connectivity index (χ1v) is 12.8. The lowest BCUT2D eigenvalue weighted by molar-refractivity contribution is -0.142. The van der Waals surface area contributed by atoms with Gasteiger partial charge in [0.15, 0.2) is 0 Å². The predicted molar refractivity (Wildman–Crippen MR) is 139 cm³/mol. The third kappa shape index (κ3) is 13.4. The van der Waals surface area contributed by atoms with Gasteiger partial charge in [0.05, 0.1) is 13.0 Å². The number of rotatable bonds is 16. The van der Waals surface area contributed by atoms with E-state index in [1.807, 2.05) is 49.4 Å². The van der Waals surface area contributed by atoms with Crippen molar-refractivity contribution in [2.24, 2.45) is 0 Å². The van der Waals surface area contributed by atoms with Gasteiger partial charge in [-0.1, -0.05) is 93.5 Å². The molecule has 0 saturated carbocycles. The van der Waals surface area contributed by atoms with E-state index in [2.05, 4.69) is 29.3 Å². The summed E-state index contributed by atoms with van der Waals surface area (Å²) in [7, 11) is 0. The van der Waals surface area contributed by atoms with Crippen LogP contribution in [-0.4, -0.2) is 19.1 Å². The Balaban J connectivity index is 1.36. The maximum atomic E-state index is 11.5. The number of unbranched alkanes of at least 4 members (excludes halogenated alkanes) is 10. The molecule has 33 heavy (non-hydrogen) atoms. The van der Waals surface area contributed by atoms with Gasteiger partial charge in [-0.25, -0.2) is 0 Å². The Kier molecular flexibility index (Phi) is 14.3. The molecule has 3 heteroatoms. The Morgan fingerprint density at radius 3 is 2.03 bits per heavy atom. The van der Waals surface area contributed by atoms with Crippen molar-refractivity contribution in [3.8, 4) is 11.8 Å². The van der Waals surface area contributed by atoms with Crippen LogP contribution in [0, 0.1) is 11.8 Å². The highest BCUT2D eigenvalue weighted by Crippen LogP contribution is 2.13. The predicted octanol–water partition coefficient (Wildman–Crippen LogP) is 7.55. The Labute approximate surface area is 201 Å². The van der Waals surface area contributed by atoms with Crippen molar-refractivity contribution in [3.63, 3.8) is 0 Å². The van der Waals surface area contributed by atoms with E-state index in [0.29, 0.717) is 13.0 Å². The minimum atomic E-state index is -0.164. The van der Waals surface area contributed by atoms with Gasteiger partial charge in [-0.3, -0.25) is 4.79 Å². The number of benzene rings is 2. The summed E-state index contributed by atoms with van der Waals surface area (Å²) in [6.07, 6.45) is 14.5. The first-order valence-electron chi connectivity index (χ1n) is 12.8. The maximum absolute atomic E-state index is 11.5. The van der Waals surface area contributed by atoms with Crippen molar-refractivity contribution < 1.29 is 9.53 Å². The maximum Gasteiger partial charge on any atom is 0.310 e. The molecular formula is C30H41NO2. The first-order chi connectivity index (χ1) is 16.3. The number of hydrogen-bond acceptors (Lipinski definition) is 3. The van der Waals surface area contributed by atoms with Crippen LogP contribution in [0.4, 0.5) is 5.69 Å². The molecule has 178 valence electrons. The lowest BCUT2D eigenvalue weighted by Gasteiger charge is -2.08. The molecule has 0 aliphatic rings. The van der Waals surface area contributed by atoms with E-state index < -0.39 is 0 Å². The van der Waals surface area contributed by atoms with Crippen molar-refractivity contribution in [2.45, 2.75) is 84.0 Å². The lowest BCUT2D eigenvalue weighted by atomic mass is 10.1. The van der Waals surface area contributed by atoms with Crippen molar-refractivity contribution in [1.82, 2.24) is 0 Å². The molecule has 0 unspecified atom stereocenters. The molecule has 0 aliphatic heterocycles. The molecular weight excluding hydrogens is 406 g/mol. The third-order valence-electron chi connectivity index (χ3n) is 5.67. The van der Waals surface area contributed by atoms with Crippen molar-refractivity contribution in [1.29, 1.82) is 0 Å². The minimum absolute atomic E-state index is 0.164. The molecule has 0 fully saturated rings. The third-order valence-corrected chi connectivity index (χ3v) is 5.67. The smallest absolute Gasteiger partial charge is 0.310 e. The molecule has 0 amide bonds. The molecule has 2 rings (SSSR count). The van der Waals surface area contributed by atoms with Crippen molar-refractivity contribution in [2.75, 3.05) is 18.5 Å². The summed E-state index contributed by atoms with van der Waals surface area (Å²) >= 11 is 0. The van der Waals surface area contributed by atoms with Gasteiger partial charge in [0.1, 0.15) is 0 Å². The van der Waals surface area contributed by atoms with Crippen LogP contribution in [0.15, 0.2) is 54.6 Å². The van der Waals surface area contributed by atoms with Gasteiger partial charge in [0.25, 0.3) is 0 Å². The zero-order valence-electron chi connectivity index (χ0n) is 20.4. The summed E-state index contributed by atoms with van der Waals surface area (Å²) in [6.45, 7) is 3.27. The monoisotopic (exact) mass is 447 g/mol. The van der Waals surface area contributed by atoms with E-state index in [-0.39, 0.29) is 5.97 Å². The van der Waals surface area contributed by atoms with Crippen LogP contribution in [0.3, 0.4) is 0 Å².